The lowest BCUT2D eigenvalue weighted by Crippen LogP contribution is -2.65. The first-order valence-electron chi connectivity index (χ1n) is 24.3. The SMILES string of the molecule is C=CC(=C)C[C@@H]1C[C@H](O)[C@@H]2O[C@@H]3C[C@]4(C)O[C@@H]5/C=C\C[C@@H]6O[C@H]7C(C/C=C\CC6OC5CCCC4OC3CC2O1)OC1CC2OC3CC(=O)O[C@H]3C[C@@H](C)C[C@@]2(C)O[C@H]1C[C@@H]7C. The smallest absolute Gasteiger partial charge is 0.308 e. The second-order valence-corrected chi connectivity index (χ2v) is 21.3. The number of carbonyl (C=O) groups excluding carboxylic acids is 1. The molecule has 12 heteroatoms. The van der Waals surface area contributed by atoms with Crippen molar-refractivity contribution in [2.24, 2.45) is 11.8 Å². The van der Waals surface area contributed by atoms with E-state index in [1.54, 1.807) is 6.08 Å². The van der Waals surface area contributed by atoms with Crippen LogP contribution in [0.1, 0.15) is 124 Å². The molecular weight excluding hydrogens is 793 g/mol. The number of fused-ring (bicyclic) bond motifs is 9. The molecule has 8 saturated heterocycles. The summed E-state index contributed by atoms with van der Waals surface area (Å²) < 4.78 is 68.4. The Balaban J connectivity index is 0.817. The summed E-state index contributed by atoms with van der Waals surface area (Å²) in [5, 5.41) is 11.2. The number of carbonyl (C=O) groups is 1. The van der Waals surface area contributed by atoms with Crippen molar-refractivity contribution in [1.82, 2.24) is 0 Å². The Kier molecular flexibility index (Phi) is 12.5. The first-order valence-corrected chi connectivity index (χ1v) is 24.3. The molecule has 8 fully saturated rings. The molecule has 0 amide bonds. The zero-order chi connectivity index (χ0) is 42.9. The van der Waals surface area contributed by atoms with Crippen LogP contribution in [0.4, 0.5) is 0 Å². The molecule has 0 aromatic rings. The lowest BCUT2D eigenvalue weighted by atomic mass is 9.78. The van der Waals surface area contributed by atoms with Gasteiger partial charge in [0.1, 0.15) is 24.4 Å². The predicted octanol–water partition coefficient (Wildman–Crippen LogP) is 6.94. The Labute approximate surface area is 368 Å². The van der Waals surface area contributed by atoms with Gasteiger partial charge in [0.25, 0.3) is 0 Å². The summed E-state index contributed by atoms with van der Waals surface area (Å²) in [4.78, 5) is 12.3. The molecule has 22 atom stereocenters. The highest BCUT2D eigenvalue weighted by atomic mass is 16.6. The monoisotopic (exact) mass is 865 g/mol. The van der Waals surface area contributed by atoms with E-state index in [-0.39, 0.29) is 110 Å². The second kappa shape index (κ2) is 17.7. The van der Waals surface area contributed by atoms with Crippen LogP contribution in [0.15, 0.2) is 49.1 Å². The number of ether oxygens (including phenoxy) is 10. The van der Waals surface area contributed by atoms with Gasteiger partial charge in [-0.25, -0.2) is 0 Å². The average Bonchev–Trinajstić information content (AvgIpc) is 3.52. The average molecular weight is 865 g/mol. The minimum atomic E-state index is -0.616. The van der Waals surface area contributed by atoms with Crippen molar-refractivity contribution in [3.8, 4) is 0 Å². The Morgan fingerprint density at radius 1 is 0.694 bits per heavy atom. The summed E-state index contributed by atoms with van der Waals surface area (Å²) in [5.41, 5.74) is -0.159. The van der Waals surface area contributed by atoms with Gasteiger partial charge in [-0.15, -0.1) is 0 Å². The van der Waals surface area contributed by atoms with Crippen molar-refractivity contribution >= 4 is 5.97 Å². The zero-order valence-corrected chi connectivity index (χ0v) is 37.4. The highest BCUT2D eigenvalue weighted by molar-refractivity contribution is 5.72. The number of hydrogen-bond acceptors (Lipinski definition) is 12. The van der Waals surface area contributed by atoms with E-state index in [0.29, 0.717) is 44.4 Å². The number of esters is 1. The first-order chi connectivity index (χ1) is 29.8. The maximum absolute atomic E-state index is 12.3. The van der Waals surface area contributed by atoms with Crippen LogP contribution in [0.3, 0.4) is 0 Å². The fraction of sp³-hybridized carbons (Fsp3) is 0.820. The van der Waals surface area contributed by atoms with Gasteiger partial charge in [-0.05, 0) is 89.9 Å². The molecule has 0 aromatic heterocycles. The van der Waals surface area contributed by atoms with Crippen molar-refractivity contribution in [1.29, 1.82) is 0 Å². The molecule has 10 aliphatic heterocycles. The second-order valence-electron chi connectivity index (χ2n) is 21.3. The van der Waals surface area contributed by atoms with E-state index in [2.05, 4.69) is 65.2 Å². The van der Waals surface area contributed by atoms with Crippen molar-refractivity contribution in [2.75, 3.05) is 0 Å². The normalized spacial score (nSPS) is 53.8. The lowest BCUT2D eigenvalue weighted by molar-refractivity contribution is -0.316. The van der Waals surface area contributed by atoms with Crippen LogP contribution in [-0.2, 0) is 52.2 Å². The van der Waals surface area contributed by atoms with E-state index in [0.717, 1.165) is 63.4 Å². The van der Waals surface area contributed by atoms with Crippen molar-refractivity contribution in [3.05, 3.63) is 49.1 Å². The van der Waals surface area contributed by atoms with E-state index < -0.39 is 23.4 Å². The fourth-order valence-corrected chi connectivity index (χ4v) is 13.2. The highest BCUT2D eigenvalue weighted by Gasteiger charge is 2.57. The maximum atomic E-state index is 12.3. The number of hydrogen-bond donors (Lipinski definition) is 1. The maximum Gasteiger partial charge on any atom is 0.308 e. The van der Waals surface area contributed by atoms with Gasteiger partial charge in [-0.2, -0.15) is 0 Å². The summed E-state index contributed by atoms with van der Waals surface area (Å²) in [5.74, 6) is 0.356. The van der Waals surface area contributed by atoms with Crippen LogP contribution in [0.25, 0.3) is 0 Å². The topological polar surface area (TPSA) is 130 Å². The van der Waals surface area contributed by atoms with Crippen LogP contribution in [-0.4, -0.2) is 132 Å². The molecule has 12 nitrogen and oxygen atoms in total. The Hall–Kier alpha value is -1.97. The summed E-state index contributed by atoms with van der Waals surface area (Å²) in [7, 11) is 0. The van der Waals surface area contributed by atoms with Crippen LogP contribution in [0, 0.1) is 11.8 Å². The molecule has 10 rings (SSSR count). The summed E-state index contributed by atoms with van der Waals surface area (Å²) >= 11 is 0. The van der Waals surface area contributed by atoms with Crippen molar-refractivity contribution < 1.29 is 57.3 Å². The Morgan fingerprint density at radius 3 is 2.26 bits per heavy atom. The summed E-state index contributed by atoms with van der Waals surface area (Å²) in [6, 6.07) is 0. The van der Waals surface area contributed by atoms with Crippen LogP contribution in [0.5, 0.6) is 0 Å². The highest BCUT2D eigenvalue weighted by Crippen LogP contribution is 2.48. The molecule has 0 bridgehead atoms. The molecule has 62 heavy (non-hydrogen) atoms. The van der Waals surface area contributed by atoms with Gasteiger partial charge in [0.05, 0.1) is 103 Å². The molecule has 10 heterocycles. The predicted molar refractivity (Wildman–Crippen MR) is 228 cm³/mol. The standard InChI is InChI=1S/C50H72O12/c1-7-27(2)18-30-21-31(51)48-42(53-30)22-38-43(60-48)26-50(6)44(56-38)17-11-15-34-35(61-50)16-10-14-33-32(54-34)12-8-9-13-36-47(59-33)29(4)20-41-39(55-36)23-45-49(5,62-41)25-28(3)19-37-40(57-45)24-46(52)58-37/h7-10,16,28-45,47-48,51H,1-2,11-15,17-26H2,3-6H3/b9-8-,16-10-/t28-,29+,30-,31+,32?,33+,34?,35-,36?,37+,38?,39?,40?,41+,42?,43-,44?,45?,47-,48+,49-,50+/m1/s1. The largest absolute Gasteiger partial charge is 0.459 e. The van der Waals surface area contributed by atoms with Crippen LogP contribution in [0.2, 0.25) is 0 Å². The van der Waals surface area contributed by atoms with Crippen molar-refractivity contribution in [3.63, 3.8) is 0 Å². The first kappa shape index (κ1) is 43.9. The molecule has 10 aliphatic rings. The van der Waals surface area contributed by atoms with Crippen LogP contribution < -0.4 is 0 Å². The van der Waals surface area contributed by atoms with Gasteiger partial charge in [0.15, 0.2) is 0 Å². The van der Waals surface area contributed by atoms with E-state index in [1.807, 2.05) is 0 Å². The third-order valence-electron chi connectivity index (χ3n) is 16.3. The molecule has 0 spiro atoms. The number of aliphatic hydroxyl groups excluding tert-OH is 1. The van der Waals surface area contributed by atoms with E-state index in [9.17, 15) is 9.90 Å². The molecule has 0 aliphatic carbocycles. The molecule has 344 valence electrons. The van der Waals surface area contributed by atoms with Crippen LogP contribution >= 0.6 is 0 Å². The van der Waals surface area contributed by atoms with Gasteiger partial charge in [-0.3, -0.25) is 4.79 Å². The number of allylic oxidation sites excluding steroid dienone is 1. The van der Waals surface area contributed by atoms with E-state index in [1.165, 1.54) is 0 Å². The zero-order valence-electron chi connectivity index (χ0n) is 37.4. The molecule has 0 saturated carbocycles. The molecular formula is C50H72O12. The Bertz CT molecular complexity index is 1720. The lowest BCUT2D eigenvalue weighted by Gasteiger charge is -2.55. The molecule has 0 radical (unpaired) electrons. The van der Waals surface area contributed by atoms with E-state index >= 15 is 0 Å². The van der Waals surface area contributed by atoms with Gasteiger partial charge in [0.2, 0.25) is 0 Å². The third kappa shape index (κ3) is 8.73. The van der Waals surface area contributed by atoms with Gasteiger partial charge >= 0.3 is 5.97 Å². The minimum Gasteiger partial charge on any atom is -0.459 e. The van der Waals surface area contributed by atoms with Gasteiger partial charge < -0.3 is 52.5 Å². The molecule has 1 N–H and O–H groups in total. The minimum absolute atomic E-state index is 0.0785. The fourth-order valence-electron chi connectivity index (χ4n) is 13.2. The van der Waals surface area contributed by atoms with Gasteiger partial charge in [0, 0.05) is 25.7 Å². The molecule has 9 unspecified atom stereocenters. The van der Waals surface area contributed by atoms with Gasteiger partial charge in [-0.1, -0.05) is 63.0 Å². The quantitative estimate of drug-likeness (QED) is 0.179. The van der Waals surface area contributed by atoms with E-state index in [4.69, 9.17) is 47.4 Å². The number of rotatable bonds is 3. The third-order valence-corrected chi connectivity index (χ3v) is 16.3. The number of aliphatic hydroxyl groups is 1. The van der Waals surface area contributed by atoms with Crippen molar-refractivity contribution in [2.45, 2.75) is 245 Å². The Morgan fingerprint density at radius 2 is 1.42 bits per heavy atom. The molecule has 0 aromatic carbocycles. The summed E-state index contributed by atoms with van der Waals surface area (Å²) in [6.07, 6.45) is 18.0. The summed E-state index contributed by atoms with van der Waals surface area (Å²) in [6.45, 7) is 16.8.